The van der Waals surface area contributed by atoms with Gasteiger partial charge in [0, 0.05) is 16.9 Å². The predicted molar refractivity (Wildman–Crippen MR) is 78.2 cm³/mol. The maximum Gasteiger partial charge on any atom is 0.251 e. The Morgan fingerprint density at radius 1 is 1.47 bits per heavy atom. The Bertz CT molecular complexity index is 463. The summed E-state index contributed by atoms with van der Waals surface area (Å²) in [5.74, 6) is 0.751. The van der Waals surface area contributed by atoms with E-state index in [0.717, 1.165) is 18.6 Å². The van der Waals surface area contributed by atoms with Gasteiger partial charge in [0.05, 0.1) is 0 Å². The van der Waals surface area contributed by atoms with Gasteiger partial charge in [-0.3, -0.25) is 4.79 Å². The molecule has 2 unspecified atom stereocenters. The molecule has 1 aromatic carbocycles. The van der Waals surface area contributed by atoms with Crippen LogP contribution < -0.4 is 5.32 Å². The molecule has 1 aliphatic carbocycles. The summed E-state index contributed by atoms with van der Waals surface area (Å²) in [5, 5.41) is 3.74. The highest BCUT2D eigenvalue weighted by Crippen LogP contribution is 2.29. The van der Waals surface area contributed by atoms with Crippen LogP contribution in [0.5, 0.6) is 0 Å². The standard InChI is InChI=1S/C15H20FNOS/c1-3-19-13-6-5-12(9-13)17-15(18)14-7-4-11(16)8-10(14)2/h4,7-8,12-13H,3,5-6,9H2,1-2H3,(H,17,18). The smallest absolute Gasteiger partial charge is 0.251 e. The van der Waals surface area contributed by atoms with Crippen LogP contribution >= 0.6 is 11.8 Å². The zero-order valence-electron chi connectivity index (χ0n) is 11.4. The molecule has 2 rings (SSSR count). The first-order valence-electron chi connectivity index (χ1n) is 6.78. The first kappa shape index (κ1) is 14.4. The van der Waals surface area contributed by atoms with Crippen LogP contribution in [0.2, 0.25) is 0 Å². The first-order chi connectivity index (χ1) is 9.10. The predicted octanol–water partition coefficient (Wildman–Crippen LogP) is 3.54. The minimum Gasteiger partial charge on any atom is -0.349 e. The molecule has 1 N–H and O–H groups in total. The van der Waals surface area contributed by atoms with Crippen molar-refractivity contribution in [1.82, 2.24) is 5.32 Å². The fourth-order valence-electron chi connectivity index (χ4n) is 2.60. The van der Waals surface area contributed by atoms with E-state index in [-0.39, 0.29) is 17.8 Å². The van der Waals surface area contributed by atoms with Crippen LogP contribution in [0.15, 0.2) is 18.2 Å². The van der Waals surface area contributed by atoms with Crippen molar-refractivity contribution in [3.63, 3.8) is 0 Å². The van der Waals surface area contributed by atoms with E-state index in [2.05, 4.69) is 12.2 Å². The molecule has 2 nitrogen and oxygen atoms in total. The summed E-state index contributed by atoms with van der Waals surface area (Å²) >= 11 is 1.97. The van der Waals surface area contributed by atoms with Crippen molar-refractivity contribution in [2.75, 3.05) is 5.75 Å². The number of carbonyl (C=O) groups is 1. The Hall–Kier alpha value is -1.03. The van der Waals surface area contributed by atoms with Crippen molar-refractivity contribution in [2.24, 2.45) is 0 Å². The molecule has 2 atom stereocenters. The molecule has 1 saturated carbocycles. The lowest BCUT2D eigenvalue weighted by atomic mass is 10.1. The molecule has 1 fully saturated rings. The van der Waals surface area contributed by atoms with Crippen molar-refractivity contribution >= 4 is 17.7 Å². The van der Waals surface area contributed by atoms with E-state index >= 15 is 0 Å². The minimum absolute atomic E-state index is 0.0790. The maximum absolute atomic E-state index is 13.0. The molecular weight excluding hydrogens is 261 g/mol. The zero-order valence-corrected chi connectivity index (χ0v) is 12.2. The van der Waals surface area contributed by atoms with Crippen LogP contribution in [0.3, 0.4) is 0 Å². The molecule has 1 amide bonds. The summed E-state index contributed by atoms with van der Waals surface area (Å²) in [6.07, 6.45) is 3.26. The minimum atomic E-state index is -0.297. The SMILES string of the molecule is CCSC1CCC(NC(=O)c2ccc(F)cc2C)C1. The Labute approximate surface area is 118 Å². The summed E-state index contributed by atoms with van der Waals surface area (Å²) in [4.78, 5) is 12.2. The van der Waals surface area contributed by atoms with Crippen molar-refractivity contribution in [3.8, 4) is 0 Å². The molecular formula is C15H20FNOS. The van der Waals surface area contributed by atoms with Crippen molar-refractivity contribution in [3.05, 3.63) is 35.1 Å². The van der Waals surface area contributed by atoms with E-state index in [1.807, 2.05) is 11.8 Å². The lowest BCUT2D eigenvalue weighted by molar-refractivity contribution is 0.0937. The summed E-state index contributed by atoms with van der Waals surface area (Å²) < 4.78 is 13.0. The second kappa shape index (κ2) is 6.42. The second-order valence-corrected chi connectivity index (χ2v) is 6.60. The third kappa shape index (κ3) is 3.72. The van der Waals surface area contributed by atoms with Gasteiger partial charge in [-0.15, -0.1) is 0 Å². The van der Waals surface area contributed by atoms with Gasteiger partial charge in [-0.25, -0.2) is 4.39 Å². The number of carbonyl (C=O) groups excluding carboxylic acids is 1. The zero-order chi connectivity index (χ0) is 13.8. The molecule has 0 saturated heterocycles. The number of rotatable bonds is 4. The molecule has 0 heterocycles. The quantitative estimate of drug-likeness (QED) is 0.914. The van der Waals surface area contributed by atoms with Crippen LogP contribution in [-0.4, -0.2) is 23.0 Å². The number of nitrogens with one attached hydrogen (secondary N) is 1. The van der Waals surface area contributed by atoms with Crippen LogP contribution in [0.4, 0.5) is 4.39 Å². The number of benzene rings is 1. The molecule has 0 aromatic heterocycles. The number of hydrogen-bond donors (Lipinski definition) is 1. The van der Waals surface area contributed by atoms with Crippen LogP contribution in [0.1, 0.15) is 42.1 Å². The summed E-state index contributed by atoms with van der Waals surface area (Å²) in [6.45, 7) is 3.93. The van der Waals surface area contributed by atoms with E-state index in [1.54, 1.807) is 13.0 Å². The summed E-state index contributed by atoms with van der Waals surface area (Å²) in [6, 6.07) is 4.57. The average Bonchev–Trinajstić information content (AvgIpc) is 2.76. The monoisotopic (exact) mass is 281 g/mol. The van der Waals surface area contributed by atoms with Gasteiger partial charge in [-0.05, 0) is 55.7 Å². The highest BCUT2D eigenvalue weighted by molar-refractivity contribution is 7.99. The molecule has 1 aliphatic rings. The largest absolute Gasteiger partial charge is 0.349 e. The van der Waals surface area contributed by atoms with Gasteiger partial charge >= 0.3 is 0 Å². The molecule has 4 heteroatoms. The number of thioether (sulfide) groups is 1. The number of aryl methyl sites for hydroxylation is 1. The van der Waals surface area contributed by atoms with E-state index in [4.69, 9.17) is 0 Å². The Kier molecular flexibility index (Phi) is 4.86. The normalized spacial score (nSPS) is 22.5. The molecule has 0 aliphatic heterocycles. The number of hydrogen-bond acceptors (Lipinski definition) is 2. The van der Waals surface area contributed by atoms with Crippen molar-refractivity contribution in [2.45, 2.75) is 44.4 Å². The topological polar surface area (TPSA) is 29.1 Å². The third-order valence-electron chi connectivity index (χ3n) is 3.56. The van der Waals surface area contributed by atoms with E-state index in [1.165, 1.54) is 18.6 Å². The highest BCUT2D eigenvalue weighted by atomic mass is 32.2. The van der Waals surface area contributed by atoms with Crippen LogP contribution in [0, 0.1) is 12.7 Å². The van der Waals surface area contributed by atoms with Crippen LogP contribution in [-0.2, 0) is 0 Å². The van der Waals surface area contributed by atoms with E-state index < -0.39 is 0 Å². The lowest BCUT2D eigenvalue weighted by Crippen LogP contribution is -2.33. The molecule has 0 bridgehead atoms. The Morgan fingerprint density at radius 3 is 2.95 bits per heavy atom. The fraction of sp³-hybridized carbons (Fsp3) is 0.533. The Balaban J connectivity index is 1.94. The lowest BCUT2D eigenvalue weighted by Gasteiger charge is -2.14. The highest BCUT2D eigenvalue weighted by Gasteiger charge is 2.26. The van der Waals surface area contributed by atoms with E-state index in [9.17, 15) is 9.18 Å². The van der Waals surface area contributed by atoms with Gasteiger partial charge < -0.3 is 5.32 Å². The molecule has 19 heavy (non-hydrogen) atoms. The Morgan fingerprint density at radius 2 is 2.26 bits per heavy atom. The van der Waals surface area contributed by atoms with Gasteiger partial charge in [0.25, 0.3) is 5.91 Å². The molecule has 0 radical (unpaired) electrons. The number of amides is 1. The van der Waals surface area contributed by atoms with Gasteiger partial charge in [0.2, 0.25) is 0 Å². The summed E-state index contributed by atoms with van der Waals surface area (Å²) in [5.41, 5.74) is 1.27. The number of halogens is 1. The van der Waals surface area contributed by atoms with Gasteiger partial charge in [0.15, 0.2) is 0 Å². The first-order valence-corrected chi connectivity index (χ1v) is 7.83. The average molecular weight is 281 g/mol. The molecule has 104 valence electrons. The molecule has 0 spiro atoms. The van der Waals surface area contributed by atoms with Gasteiger partial charge in [-0.1, -0.05) is 6.92 Å². The summed E-state index contributed by atoms with van der Waals surface area (Å²) in [7, 11) is 0. The van der Waals surface area contributed by atoms with Crippen molar-refractivity contribution < 1.29 is 9.18 Å². The van der Waals surface area contributed by atoms with Crippen molar-refractivity contribution in [1.29, 1.82) is 0 Å². The third-order valence-corrected chi connectivity index (χ3v) is 4.79. The van der Waals surface area contributed by atoms with E-state index in [0.29, 0.717) is 16.4 Å². The van der Waals surface area contributed by atoms with Gasteiger partial charge in [-0.2, -0.15) is 11.8 Å². The molecule has 1 aromatic rings. The van der Waals surface area contributed by atoms with Crippen LogP contribution in [0.25, 0.3) is 0 Å². The maximum atomic E-state index is 13.0. The second-order valence-electron chi connectivity index (χ2n) is 5.02. The fourth-order valence-corrected chi connectivity index (χ4v) is 3.75. The van der Waals surface area contributed by atoms with Gasteiger partial charge in [0.1, 0.15) is 5.82 Å².